The van der Waals surface area contributed by atoms with E-state index in [4.69, 9.17) is 4.74 Å². The second kappa shape index (κ2) is 9.36. The molecule has 2 atom stereocenters. The fourth-order valence-electron chi connectivity index (χ4n) is 5.36. The molecule has 5 rings (SSSR count). The normalized spacial score (nSPS) is 22.9. The molecule has 0 aromatic heterocycles. The third-order valence-electron chi connectivity index (χ3n) is 6.86. The van der Waals surface area contributed by atoms with Crippen LogP contribution >= 0.6 is 0 Å². The van der Waals surface area contributed by atoms with Gasteiger partial charge in [0.1, 0.15) is 18.2 Å². The van der Waals surface area contributed by atoms with Crippen LogP contribution in [0, 0.1) is 5.82 Å². The van der Waals surface area contributed by atoms with E-state index in [1.807, 2.05) is 42.5 Å². The SMILES string of the molecule is O=C1CCC[C@]2(CN(Cc3cccc(OCc4ccccc4)c3)C[C@H]2c2ccccc2F)N1. The van der Waals surface area contributed by atoms with Crippen LogP contribution in [0.3, 0.4) is 0 Å². The molecule has 0 bridgehead atoms. The summed E-state index contributed by atoms with van der Waals surface area (Å²) in [5, 5.41) is 3.26. The van der Waals surface area contributed by atoms with E-state index >= 15 is 0 Å². The number of ether oxygens (including phenoxy) is 1. The lowest BCUT2D eigenvalue weighted by molar-refractivity contribution is -0.125. The standard InChI is InChI=1S/C28H29FN2O2/c29-26-13-5-4-12-24(26)25-18-31(20-28(25)15-7-14-27(32)30-28)17-22-10-6-11-23(16-22)33-19-21-8-2-1-3-9-21/h1-6,8-13,16,25H,7,14-15,17-20H2,(H,30,32)/t25-,28+/m0/s1. The Labute approximate surface area is 194 Å². The van der Waals surface area contributed by atoms with Crippen LogP contribution in [-0.4, -0.2) is 29.4 Å². The molecule has 4 nitrogen and oxygen atoms in total. The zero-order chi connectivity index (χ0) is 22.7. The van der Waals surface area contributed by atoms with E-state index in [1.54, 1.807) is 6.07 Å². The molecule has 0 radical (unpaired) electrons. The van der Waals surface area contributed by atoms with Crippen molar-refractivity contribution in [1.82, 2.24) is 10.2 Å². The van der Waals surface area contributed by atoms with Crippen molar-refractivity contribution in [3.8, 4) is 5.75 Å². The molecule has 33 heavy (non-hydrogen) atoms. The molecule has 2 fully saturated rings. The average molecular weight is 445 g/mol. The Morgan fingerprint density at radius 3 is 2.61 bits per heavy atom. The van der Waals surface area contributed by atoms with Gasteiger partial charge in [-0.05, 0) is 47.7 Å². The highest BCUT2D eigenvalue weighted by atomic mass is 19.1. The molecule has 170 valence electrons. The Balaban J connectivity index is 1.33. The largest absolute Gasteiger partial charge is 0.489 e. The fraction of sp³-hybridized carbons (Fsp3) is 0.321. The van der Waals surface area contributed by atoms with Gasteiger partial charge in [-0.2, -0.15) is 0 Å². The second-order valence-electron chi connectivity index (χ2n) is 9.22. The maximum atomic E-state index is 14.8. The molecule has 0 saturated carbocycles. The van der Waals surface area contributed by atoms with Gasteiger partial charge >= 0.3 is 0 Å². The topological polar surface area (TPSA) is 41.6 Å². The van der Waals surface area contributed by atoms with Crippen molar-refractivity contribution in [2.75, 3.05) is 13.1 Å². The van der Waals surface area contributed by atoms with Gasteiger partial charge < -0.3 is 10.1 Å². The molecule has 5 heteroatoms. The fourth-order valence-corrected chi connectivity index (χ4v) is 5.36. The molecule has 0 aliphatic carbocycles. The molecule has 2 saturated heterocycles. The lowest BCUT2D eigenvalue weighted by Crippen LogP contribution is -2.56. The molecule has 1 N–H and O–H groups in total. The molecule has 3 aromatic rings. The Hall–Kier alpha value is -3.18. The lowest BCUT2D eigenvalue weighted by atomic mass is 9.76. The van der Waals surface area contributed by atoms with E-state index in [9.17, 15) is 9.18 Å². The predicted molar refractivity (Wildman–Crippen MR) is 126 cm³/mol. The van der Waals surface area contributed by atoms with Gasteiger partial charge in [0.25, 0.3) is 0 Å². The number of carbonyl (C=O) groups is 1. The first kappa shape index (κ1) is 21.7. The number of carbonyl (C=O) groups excluding carboxylic acids is 1. The molecule has 0 unspecified atom stereocenters. The van der Waals surface area contributed by atoms with E-state index < -0.39 is 5.54 Å². The van der Waals surface area contributed by atoms with Gasteiger partial charge in [-0.15, -0.1) is 0 Å². The Morgan fingerprint density at radius 2 is 1.79 bits per heavy atom. The molecule has 1 amide bonds. The number of halogens is 1. The first-order chi connectivity index (χ1) is 16.1. The van der Waals surface area contributed by atoms with Crippen LogP contribution in [0.1, 0.15) is 41.9 Å². The number of hydrogen-bond donors (Lipinski definition) is 1. The van der Waals surface area contributed by atoms with E-state index in [0.717, 1.165) is 36.3 Å². The predicted octanol–water partition coefficient (Wildman–Crippen LogP) is 5.04. The smallest absolute Gasteiger partial charge is 0.220 e. The van der Waals surface area contributed by atoms with Crippen LogP contribution < -0.4 is 10.1 Å². The molecule has 2 heterocycles. The summed E-state index contributed by atoms with van der Waals surface area (Å²) in [6, 6.07) is 25.3. The van der Waals surface area contributed by atoms with Crippen LogP contribution in [0.4, 0.5) is 4.39 Å². The van der Waals surface area contributed by atoms with E-state index in [2.05, 4.69) is 34.5 Å². The molecule has 2 aliphatic heterocycles. The van der Waals surface area contributed by atoms with Crippen LogP contribution in [0.25, 0.3) is 0 Å². The number of nitrogens with one attached hydrogen (secondary N) is 1. The summed E-state index contributed by atoms with van der Waals surface area (Å²) in [4.78, 5) is 14.7. The maximum absolute atomic E-state index is 14.8. The van der Waals surface area contributed by atoms with Crippen molar-refractivity contribution in [3.63, 3.8) is 0 Å². The summed E-state index contributed by atoms with van der Waals surface area (Å²) < 4.78 is 20.8. The van der Waals surface area contributed by atoms with Gasteiger partial charge in [-0.1, -0.05) is 60.7 Å². The number of piperidine rings is 1. The van der Waals surface area contributed by atoms with E-state index in [1.165, 1.54) is 6.07 Å². The van der Waals surface area contributed by atoms with Crippen molar-refractivity contribution in [2.24, 2.45) is 0 Å². The zero-order valence-electron chi connectivity index (χ0n) is 18.7. The first-order valence-corrected chi connectivity index (χ1v) is 11.6. The van der Waals surface area contributed by atoms with Crippen molar-refractivity contribution in [3.05, 3.63) is 101 Å². The van der Waals surface area contributed by atoms with Crippen LogP contribution in [0.2, 0.25) is 0 Å². The number of amides is 1. The lowest BCUT2D eigenvalue weighted by Gasteiger charge is -2.39. The quantitative estimate of drug-likeness (QED) is 0.579. The van der Waals surface area contributed by atoms with Gasteiger partial charge in [-0.3, -0.25) is 9.69 Å². The Morgan fingerprint density at radius 1 is 1.00 bits per heavy atom. The number of nitrogens with zero attached hydrogens (tertiary/aromatic N) is 1. The van der Waals surface area contributed by atoms with Crippen LogP contribution in [0.5, 0.6) is 5.75 Å². The zero-order valence-corrected chi connectivity index (χ0v) is 18.7. The van der Waals surface area contributed by atoms with Crippen LogP contribution in [-0.2, 0) is 17.9 Å². The van der Waals surface area contributed by atoms with E-state index in [-0.39, 0.29) is 17.6 Å². The van der Waals surface area contributed by atoms with Gasteiger partial charge in [0.05, 0.1) is 5.54 Å². The summed E-state index contributed by atoms with van der Waals surface area (Å²) in [5.41, 5.74) is 2.55. The Kier molecular flexibility index (Phi) is 6.14. The van der Waals surface area contributed by atoms with Crippen molar-refractivity contribution >= 4 is 5.91 Å². The molecule has 1 spiro atoms. The molecule has 3 aromatic carbocycles. The average Bonchev–Trinajstić information content (AvgIpc) is 3.15. The third kappa shape index (κ3) is 4.79. The van der Waals surface area contributed by atoms with Gasteiger partial charge in [0, 0.05) is 32.0 Å². The summed E-state index contributed by atoms with van der Waals surface area (Å²) in [5.74, 6) is 0.642. The highest BCUT2D eigenvalue weighted by Gasteiger charge is 2.49. The minimum atomic E-state index is -0.418. The monoisotopic (exact) mass is 444 g/mol. The third-order valence-corrected chi connectivity index (χ3v) is 6.86. The summed E-state index contributed by atoms with van der Waals surface area (Å²) in [6.45, 7) is 2.67. The van der Waals surface area contributed by atoms with Gasteiger partial charge in [-0.25, -0.2) is 4.39 Å². The van der Waals surface area contributed by atoms with E-state index in [0.29, 0.717) is 31.7 Å². The highest BCUT2D eigenvalue weighted by molar-refractivity contribution is 5.78. The first-order valence-electron chi connectivity index (χ1n) is 11.6. The number of hydrogen-bond acceptors (Lipinski definition) is 3. The molecule has 2 aliphatic rings. The maximum Gasteiger partial charge on any atom is 0.220 e. The van der Waals surface area contributed by atoms with Crippen molar-refractivity contribution < 1.29 is 13.9 Å². The number of benzene rings is 3. The minimum Gasteiger partial charge on any atom is -0.489 e. The summed E-state index contributed by atoms with van der Waals surface area (Å²) in [7, 11) is 0. The van der Waals surface area contributed by atoms with Crippen molar-refractivity contribution in [2.45, 2.75) is 43.9 Å². The number of likely N-dealkylation sites (tertiary alicyclic amines) is 1. The van der Waals surface area contributed by atoms with Crippen LogP contribution in [0.15, 0.2) is 78.9 Å². The summed E-state index contributed by atoms with van der Waals surface area (Å²) >= 11 is 0. The van der Waals surface area contributed by atoms with Gasteiger partial charge in [0.2, 0.25) is 5.91 Å². The summed E-state index contributed by atoms with van der Waals surface area (Å²) in [6.07, 6.45) is 2.26. The Bertz CT molecular complexity index is 1120. The number of rotatable bonds is 6. The second-order valence-corrected chi connectivity index (χ2v) is 9.22. The van der Waals surface area contributed by atoms with Crippen molar-refractivity contribution in [1.29, 1.82) is 0 Å². The van der Waals surface area contributed by atoms with Gasteiger partial charge in [0.15, 0.2) is 0 Å². The molecular weight excluding hydrogens is 415 g/mol. The molecular formula is C28H29FN2O2. The minimum absolute atomic E-state index is 0.0690. The highest BCUT2D eigenvalue weighted by Crippen LogP contribution is 2.42.